The summed E-state index contributed by atoms with van der Waals surface area (Å²) < 4.78 is 1.93. The van der Waals surface area contributed by atoms with Gasteiger partial charge < -0.3 is 14.4 Å². The van der Waals surface area contributed by atoms with Crippen molar-refractivity contribution in [1.29, 1.82) is 0 Å². The Bertz CT molecular complexity index is 975. The normalized spacial score (nSPS) is 25.9. The van der Waals surface area contributed by atoms with E-state index in [2.05, 4.69) is 20.4 Å². The second-order valence-corrected chi connectivity index (χ2v) is 8.74. The van der Waals surface area contributed by atoms with E-state index in [1.54, 1.807) is 6.33 Å². The van der Waals surface area contributed by atoms with Crippen LogP contribution in [0.25, 0.3) is 0 Å². The molecule has 6 rings (SSSR count). The van der Waals surface area contributed by atoms with Crippen molar-refractivity contribution in [3.63, 3.8) is 0 Å². The van der Waals surface area contributed by atoms with Gasteiger partial charge in [-0.15, -0.1) is 10.2 Å². The third-order valence-corrected chi connectivity index (χ3v) is 7.04. The van der Waals surface area contributed by atoms with Crippen molar-refractivity contribution in [2.75, 3.05) is 13.1 Å². The molecule has 2 amide bonds. The number of aromatic nitrogens is 5. The van der Waals surface area contributed by atoms with E-state index in [1.807, 2.05) is 14.4 Å². The third kappa shape index (κ3) is 2.63. The molecule has 0 bridgehead atoms. The second-order valence-electron chi connectivity index (χ2n) is 8.74. The molecule has 9 heteroatoms. The highest BCUT2D eigenvalue weighted by molar-refractivity contribution is 5.95. The number of H-pyrrole nitrogens is 1. The molecule has 9 nitrogen and oxygen atoms in total. The minimum Gasteiger partial charge on any atom is -0.332 e. The van der Waals surface area contributed by atoms with Gasteiger partial charge in [0.05, 0.1) is 12.1 Å². The van der Waals surface area contributed by atoms with E-state index in [0.717, 1.165) is 69.2 Å². The fraction of sp³-hybridized carbons (Fsp3) is 0.650. The topological polar surface area (TPSA) is 100 Å². The number of hydrogen-bond acceptors (Lipinski definition) is 5. The van der Waals surface area contributed by atoms with Crippen LogP contribution in [0.5, 0.6) is 0 Å². The number of aromatic amines is 1. The Balaban J connectivity index is 1.24. The SMILES string of the molecule is O=C(c1n[nH]c2c1CCC2)N1CCC[C@@H]2[C@H]1CCN2C(=O)c1nncn1C1CC1. The van der Waals surface area contributed by atoms with Crippen LogP contribution in [0.4, 0.5) is 0 Å². The Hall–Kier alpha value is -2.71. The van der Waals surface area contributed by atoms with Gasteiger partial charge in [-0.1, -0.05) is 0 Å². The molecule has 4 heterocycles. The molecule has 1 N–H and O–H groups in total. The van der Waals surface area contributed by atoms with Gasteiger partial charge >= 0.3 is 0 Å². The fourth-order valence-corrected chi connectivity index (χ4v) is 5.47. The number of amides is 2. The van der Waals surface area contributed by atoms with Crippen molar-refractivity contribution in [3.05, 3.63) is 29.1 Å². The predicted molar refractivity (Wildman–Crippen MR) is 102 cm³/mol. The molecule has 2 aliphatic carbocycles. The summed E-state index contributed by atoms with van der Waals surface area (Å²) in [6.45, 7) is 1.40. The lowest BCUT2D eigenvalue weighted by Gasteiger charge is -2.39. The molecule has 1 saturated carbocycles. The van der Waals surface area contributed by atoms with Crippen molar-refractivity contribution < 1.29 is 9.59 Å². The highest BCUT2D eigenvalue weighted by Gasteiger charge is 2.46. The van der Waals surface area contributed by atoms with Crippen LogP contribution >= 0.6 is 0 Å². The molecule has 152 valence electrons. The Morgan fingerprint density at radius 3 is 2.66 bits per heavy atom. The van der Waals surface area contributed by atoms with Crippen LogP contribution in [0.1, 0.15) is 76.9 Å². The number of fused-ring (bicyclic) bond motifs is 2. The first-order valence-corrected chi connectivity index (χ1v) is 10.8. The van der Waals surface area contributed by atoms with E-state index in [1.165, 1.54) is 0 Å². The zero-order chi connectivity index (χ0) is 19.5. The standard InChI is InChI=1S/C20H25N7O2/c28-19(17-13-3-1-4-14(13)22-23-17)25-9-2-5-15-16(25)8-10-26(15)20(29)18-24-21-11-27(18)12-6-7-12/h11-12,15-16H,1-10H2,(H,22,23)/t15-,16-/m1/s1. The lowest BCUT2D eigenvalue weighted by Crippen LogP contribution is -2.53. The Morgan fingerprint density at radius 1 is 0.966 bits per heavy atom. The van der Waals surface area contributed by atoms with Crippen molar-refractivity contribution in [3.8, 4) is 0 Å². The summed E-state index contributed by atoms with van der Waals surface area (Å²) in [5.41, 5.74) is 2.81. The summed E-state index contributed by atoms with van der Waals surface area (Å²) in [6.07, 6.45) is 9.47. The van der Waals surface area contributed by atoms with Crippen molar-refractivity contribution in [2.24, 2.45) is 0 Å². The summed E-state index contributed by atoms with van der Waals surface area (Å²) >= 11 is 0. The molecule has 0 radical (unpaired) electrons. The number of likely N-dealkylation sites (tertiary alicyclic amines) is 2. The Labute approximate surface area is 168 Å². The van der Waals surface area contributed by atoms with E-state index in [4.69, 9.17) is 0 Å². The van der Waals surface area contributed by atoms with E-state index in [9.17, 15) is 9.59 Å². The van der Waals surface area contributed by atoms with Crippen LogP contribution in [0.2, 0.25) is 0 Å². The largest absolute Gasteiger partial charge is 0.332 e. The van der Waals surface area contributed by atoms with Gasteiger partial charge in [0.2, 0.25) is 5.82 Å². The van der Waals surface area contributed by atoms with E-state index < -0.39 is 0 Å². The summed E-state index contributed by atoms with van der Waals surface area (Å²) in [5.74, 6) is 0.424. The minimum absolute atomic E-state index is 0.0227. The van der Waals surface area contributed by atoms with Gasteiger partial charge in [0.25, 0.3) is 11.8 Å². The number of nitrogens with zero attached hydrogens (tertiary/aromatic N) is 6. The molecule has 29 heavy (non-hydrogen) atoms. The fourth-order valence-electron chi connectivity index (χ4n) is 5.47. The van der Waals surface area contributed by atoms with Crippen LogP contribution < -0.4 is 0 Å². The van der Waals surface area contributed by atoms with E-state index in [0.29, 0.717) is 24.1 Å². The lowest BCUT2D eigenvalue weighted by molar-refractivity contribution is 0.0456. The highest BCUT2D eigenvalue weighted by Crippen LogP contribution is 2.37. The maximum Gasteiger partial charge on any atom is 0.292 e. The highest BCUT2D eigenvalue weighted by atomic mass is 16.2. The van der Waals surface area contributed by atoms with Crippen LogP contribution in [0.3, 0.4) is 0 Å². The number of carbonyl (C=O) groups is 2. The van der Waals surface area contributed by atoms with Crippen molar-refractivity contribution in [1.82, 2.24) is 34.8 Å². The maximum absolute atomic E-state index is 13.3. The zero-order valence-corrected chi connectivity index (χ0v) is 16.4. The van der Waals surface area contributed by atoms with Gasteiger partial charge in [-0.25, -0.2) is 0 Å². The molecule has 2 saturated heterocycles. The van der Waals surface area contributed by atoms with E-state index >= 15 is 0 Å². The van der Waals surface area contributed by atoms with Crippen molar-refractivity contribution >= 4 is 11.8 Å². The molecule has 2 aliphatic heterocycles. The molecule has 0 unspecified atom stereocenters. The molecular weight excluding hydrogens is 370 g/mol. The van der Waals surface area contributed by atoms with Crippen LogP contribution in [-0.4, -0.2) is 71.7 Å². The van der Waals surface area contributed by atoms with Gasteiger partial charge in [-0.3, -0.25) is 14.7 Å². The summed E-state index contributed by atoms with van der Waals surface area (Å²) in [5, 5.41) is 15.5. The average molecular weight is 395 g/mol. The minimum atomic E-state index is -0.0446. The average Bonchev–Trinajstić information content (AvgIpc) is 3.16. The molecule has 4 aliphatic rings. The summed E-state index contributed by atoms with van der Waals surface area (Å²) in [6, 6.07) is 0.483. The van der Waals surface area contributed by atoms with Gasteiger partial charge in [0.15, 0.2) is 5.69 Å². The van der Waals surface area contributed by atoms with E-state index in [-0.39, 0.29) is 23.9 Å². The number of piperidine rings is 1. The first-order chi connectivity index (χ1) is 14.2. The quantitative estimate of drug-likeness (QED) is 0.845. The zero-order valence-electron chi connectivity index (χ0n) is 16.4. The Kier molecular flexibility index (Phi) is 3.79. The molecule has 2 aromatic rings. The van der Waals surface area contributed by atoms with Gasteiger partial charge in [-0.2, -0.15) is 5.10 Å². The molecule has 3 fully saturated rings. The Morgan fingerprint density at radius 2 is 1.79 bits per heavy atom. The molecule has 0 spiro atoms. The van der Waals surface area contributed by atoms with Gasteiger partial charge in [-0.05, 0) is 51.4 Å². The first-order valence-electron chi connectivity index (χ1n) is 10.8. The summed E-state index contributed by atoms with van der Waals surface area (Å²) in [7, 11) is 0. The van der Waals surface area contributed by atoms with Crippen LogP contribution in [-0.2, 0) is 12.8 Å². The number of carbonyl (C=O) groups excluding carboxylic acids is 2. The predicted octanol–water partition coefficient (Wildman–Crippen LogP) is 1.34. The van der Waals surface area contributed by atoms with Crippen LogP contribution in [0.15, 0.2) is 6.33 Å². The number of rotatable bonds is 3. The molecule has 2 atom stereocenters. The summed E-state index contributed by atoms with van der Waals surface area (Å²) in [4.78, 5) is 30.5. The molecule has 2 aromatic heterocycles. The van der Waals surface area contributed by atoms with Crippen molar-refractivity contribution in [2.45, 2.75) is 69.5 Å². The van der Waals surface area contributed by atoms with Gasteiger partial charge in [0.1, 0.15) is 6.33 Å². The van der Waals surface area contributed by atoms with Gasteiger partial charge in [0, 0.05) is 30.4 Å². The van der Waals surface area contributed by atoms with Crippen LogP contribution in [0, 0.1) is 0 Å². The number of hydrogen-bond donors (Lipinski definition) is 1. The lowest BCUT2D eigenvalue weighted by atomic mass is 9.96. The smallest absolute Gasteiger partial charge is 0.292 e. The number of aryl methyl sites for hydroxylation is 1. The maximum atomic E-state index is 13.3. The first kappa shape index (κ1) is 17.2. The monoisotopic (exact) mass is 395 g/mol. The second kappa shape index (κ2) is 6.40. The molecular formula is C20H25N7O2. The third-order valence-electron chi connectivity index (χ3n) is 7.04. The molecule has 0 aromatic carbocycles. The number of nitrogens with one attached hydrogen (secondary N) is 1.